The normalized spacial score (nSPS) is 13.3. The SMILES string of the molecule is C=C(CCCC(C)=O)[C@@H](C=O)[C@H](CC(=O)OC)/C(C=O)=C/CC=C(C)C. The van der Waals surface area contributed by atoms with Gasteiger partial charge in [-0.2, -0.15) is 0 Å². The number of ketones is 1. The number of rotatable bonds is 13. The average molecular weight is 362 g/mol. The van der Waals surface area contributed by atoms with E-state index in [2.05, 4.69) is 6.58 Å². The number of carbonyl (C=O) groups is 4. The molecule has 0 radical (unpaired) electrons. The number of esters is 1. The fourth-order valence-electron chi connectivity index (χ4n) is 2.64. The second-order valence-corrected chi connectivity index (χ2v) is 6.60. The predicted octanol–water partition coefficient (Wildman–Crippen LogP) is 3.78. The molecule has 0 N–H and O–H groups in total. The average Bonchev–Trinajstić information content (AvgIpc) is 2.57. The molecule has 0 aliphatic heterocycles. The topological polar surface area (TPSA) is 77.5 Å². The van der Waals surface area contributed by atoms with Crippen LogP contribution < -0.4 is 0 Å². The zero-order valence-electron chi connectivity index (χ0n) is 16.2. The molecule has 0 aliphatic carbocycles. The molecule has 2 atom stereocenters. The summed E-state index contributed by atoms with van der Waals surface area (Å²) < 4.78 is 4.72. The molecule has 0 bridgehead atoms. The maximum atomic E-state index is 11.8. The van der Waals surface area contributed by atoms with E-state index in [-0.39, 0.29) is 12.2 Å². The van der Waals surface area contributed by atoms with Gasteiger partial charge in [0.2, 0.25) is 0 Å². The van der Waals surface area contributed by atoms with Gasteiger partial charge in [-0.15, -0.1) is 0 Å². The zero-order chi connectivity index (χ0) is 20.1. The van der Waals surface area contributed by atoms with Gasteiger partial charge in [0, 0.05) is 18.3 Å². The molecule has 0 unspecified atom stereocenters. The van der Waals surface area contributed by atoms with Crippen LogP contribution in [0.5, 0.6) is 0 Å². The fraction of sp³-hybridized carbons (Fsp3) is 0.524. The minimum absolute atomic E-state index is 0.0711. The highest BCUT2D eigenvalue weighted by atomic mass is 16.5. The highest BCUT2D eigenvalue weighted by Gasteiger charge is 2.29. The van der Waals surface area contributed by atoms with E-state index in [9.17, 15) is 19.2 Å². The molecule has 0 saturated carbocycles. The first kappa shape index (κ1) is 23.7. The van der Waals surface area contributed by atoms with Gasteiger partial charge in [0.25, 0.3) is 0 Å². The third-order valence-electron chi connectivity index (χ3n) is 4.14. The molecule has 0 rings (SSSR count). The van der Waals surface area contributed by atoms with Crippen molar-refractivity contribution in [2.24, 2.45) is 11.8 Å². The second-order valence-electron chi connectivity index (χ2n) is 6.60. The van der Waals surface area contributed by atoms with Crippen molar-refractivity contribution in [2.45, 2.75) is 52.9 Å². The molecule has 5 heteroatoms. The van der Waals surface area contributed by atoms with Crippen LogP contribution in [0.2, 0.25) is 0 Å². The lowest BCUT2D eigenvalue weighted by Gasteiger charge is -2.24. The van der Waals surface area contributed by atoms with E-state index in [1.54, 1.807) is 6.08 Å². The third kappa shape index (κ3) is 9.25. The summed E-state index contributed by atoms with van der Waals surface area (Å²) in [4.78, 5) is 46.2. The summed E-state index contributed by atoms with van der Waals surface area (Å²) in [6.45, 7) is 9.36. The van der Waals surface area contributed by atoms with Crippen molar-refractivity contribution in [3.05, 3.63) is 35.5 Å². The standard InChI is InChI=1S/C21H30O5/c1-15(2)8-6-11-18(13-22)19(12-21(25)26-5)20(14-23)16(3)9-7-10-17(4)24/h8,11,13-14,19-20H,3,6-7,9-10,12H2,1-2,4-5H3/b18-11+/t19-,20-/m1/s1. The Morgan fingerprint density at radius 3 is 2.19 bits per heavy atom. The highest BCUT2D eigenvalue weighted by molar-refractivity contribution is 5.80. The van der Waals surface area contributed by atoms with Crippen molar-refractivity contribution >= 4 is 24.3 Å². The first-order valence-corrected chi connectivity index (χ1v) is 8.74. The first-order valence-electron chi connectivity index (χ1n) is 8.74. The minimum atomic E-state index is -0.677. The van der Waals surface area contributed by atoms with Crippen LogP contribution in [0.25, 0.3) is 0 Å². The molecular formula is C21H30O5. The molecule has 0 amide bonds. The van der Waals surface area contributed by atoms with Gasteiger partial charge in [-0.1, -0.05) is 29.9 Å². The number of allylic oxidation sites excluding steroid dienone is 5. The quantitative estimate of drug-likeness (QED) is 0.216. The second kappa shape index (κ2) is 13.0. The van der Waals surface area contributed by atoms with E-state index < -0.39 is 17.8 Å². The molecule has 0 aliphatic rings. The van der Waals surface area contributed by atoms with Crippen molar-refractivity contribution in [2.75, 3.05) is 7.11 Å². The minimum Gasteiger partial charge on any atom is -0.469 e. The molecule has 0 aromatic rings. The van der Waals surface area contributed by atoms with Crippen LogP contribution in [0.3, 0.4) is 0 Å². The van der Waals surface area contributed by atoms with Crippen LogP contribution in [0.15, 0.2) is 35.5 Å². The number of aldehydes is 2. The molecule has 0 aromatic carbocycles. The summed E-state index contributed by atoms with van der Waals surface area (Å²) in [6.07, 6.45) is 7.03. The molecule has 0 saturated heterocycles. The van der Waals surface area contributed by atoms with Gasteiger partial charge in [0.1, 0.15) is 18.4 Å². The van der Waals surface area contributed by atoms with Gasteiger partial charge in [0.05, 0.1) is 13.5 Å². The molecule has 0 fully saturated rings. The zero-order valence-corrected chi connectivity index (χ0v) is 16.2. The van der Waals surface area contributed by atoms with Gasteiger partial charge in [-0.3, -0.25) is 9.59 Å². The fourth-order valence-corrected chi connectivity index (χ4v) is 2.64. The lowest BCUT2D eigenvalue weighted by Crippen LogP contribution is -2.25. The Bertz CT molecular complexity index is 579. The number of ether oxygens (including phenoxy) is 1. The summed E-state index contributed by atoms with van der Waals surface area (Å²) in [5.41, 5.74) is 2.11. The Morgan fingerprint density at radius 1 is 1.08 bits per heavy atom. The Kier molecular flexibility index (Phi) is 11.8. The summed E-state index contributed by atoms with van der Waals surface area (Å²) in [5, 5.41) is 0. The van der Waals surface area contributed by atoms with Gasteiger partial charge in [0.15, 0.2) is 0 Å². The molecule has 0 spiro atoms. The predicted molar refractivity (Wildman–Crippen MR) is 102 cm³/mol. The smallest absolute Gasteiger partial charge is 0.306 e. The Morgan fingerprint density at radius 2 is 1.73 bits per heavy atom. The molecule has 5 nitrogen and oxygen atoms in total. The molecule has 26 heavy (non-hydrogen) atoms. The van der Waals surface area contributed by atoms with E-state index in [0.717, 1.165) is 11.9 Å². The van der Waals surface area contributed by atoms with Crippen molar-refractivity contribution in [3.8, 4) is 0 Å². The lowest BCUT2D eigenvalue weighted by molar-refractivity contribution is -0.141. The van der Waals surface area contributed by atoms with Gasteiger partial charge in [-0.25, -0.2) is 0 Å². The summed E-state index contributed by atoms with van der Waals surface area (Å²) in [5.74, 6) is -1.72. The van der Waals surface area contributed by atoms with Crippen LogP contribution in [-0.4, -0.2) is 31.4 Å². The third-order valence-corrected chi connectivity index (χ3v) is 4.14. The Balaban J connectivity index is 5.50. The van der Waals surface area contributed by atoms with Crippen LogP contribution in [0.4, 0.5) is 0 Å². The van der Waals surface area contributed by atoms with Crippen molar-refractivity contribution < 1.29 is 23.9 Å². The Hall–Kier alpha value is -2.30. The van der Waals surface area contributed by atoms with E-state index in [1.165, 1.54) is 14.0 Å². The Labute approximate surface area is 156 Å². The van der Waals surface area contributed by atoms with Crippen LogP contribution in [0.1, 0.15) is 52.9 Å². The lowest BCUT2D eigenvalue weighted by atomic mass is 9.78. The van der Waals surface area contributed by atoms with Crippen LogP contribution in [0, 0.1) is 11.8 Å². The van der Waals surface area contributed by atoms with Crippen LogP contribution >= 0.6 is 0 Å². The van der Waals surface area contributed by atoms with E-state index in [1.807, 2.05) is 19.9 Å². The van der Waals surface area contributed by atoms with Crippen molar-refractivity contribution in [1.29, 1.82) is 0 Å². The monoisotopic (exact) mass is 362 g/mol. The number of methoxy groups -OCH3 is 1. The van der Waals surface area contributed by atoms with Crippen molar-refractivity contribution in [3.63, 3.8) is 0 Å². The van der Waals surface area contributed by atoms with E-state index in [0.29, 0.717) is 43.1 Å². The number of hydrogen-bond acceptors (Lipinski definition) is 5. The summed E-state index contributed by atoms with van der Waals surface area (Å²) in [6, 6.07) is 0. The van der Waals surface area contributed by atoms with Gasteiger partial charge in [-0.05, 0) is 45.6 Å². The largest absolute Gasteiger partial charge is 0.469 e. The molecular weight excluding hydrogens is 332 g/mol. The maximum absolute atomic E-state index is 11.8. The molecule has 0 heterocycles. The van der Waals surface area contributed by atoms with Crippen molar-refractivity contribution in [1.82, 2.24) is 0 Å². The number of hydrogen-bond donors (Lipinski definition) is 0. The molecule has 0 aromatic heterocycles. The summed E-state index contributed by atoms with van der Waals surface area (Å²) >= 11 is 0. The number of Topliss-reactive ketones (excluding diaryl/α,β-unsaturated/α-hetero) is 1. The number of carbonyl (C=O) groups excluding carboxylic acids is 4. The maximum Gasteiger partial charge on any atom is 0.306 e. The summed E-state index contributed by atoms with van der Waals surface area (Å²) in [7, 11) is 1.27. The molecule has 144 valence electrons. The van der Waals surface area contributed by atoms with Crippen LogP contribution in [-0.2, 0) is 23.9 Å². The van der Waals surface area contributed by atoms with E-state index in [4.69, 9.17) is 4.74 Å². The van der Waals surface area contributed by atoms with E-state index >= 15 is 0 Å². The van der Waals surface area contributed by atoms with Gasteiger partial charge >= 0.3 is 5.97 Å². The highest BCUT2D eigenvalue weighted by Crippen LogP contribution is 2.30. The van der Waals surface area contributed by atoms with Gasteiger partial charge < -0.3 is 14.3 Å². The first-order chi connectivity index (χ1) is 12.3.